The van der Waals surface area contributed by atoms with Gasteiger partial charge in [0.25, 0.3) is 0 Å². The quantitative estimate of drug-likeness (QED) is 0.813. The highest BCUT2D eigenvalue weighted by Crippen LogP contribution is 2.19. The van der Waals surface area contributed by atoms with Crippen LogP contribution in [0.2, 0.25) is 0 Å². The van der Waals surface area contributed by atoms with Crippen LogP contribution in [0.3, 0.4) is 0 Å². The molecule has 0 aliphatic carbocycles. The van der Waals surface area contributed by atoms with Gasteiger partial charge < -0.3 is 4.90 Å². The molecule has 8 heteroatoms. The van der Waals surface area contributed by atoms with E-state index in [1.807, 2.05) is 19.9 Å². The average Bonchev–Trinajstić information content (AvgIpc) is 3.00. The Kier molecular flexibility index (Phi) is 5.26. The van der Waals surface area contributed by atoms with Gasteiger partial charge in [-0.15, -0.1) is 5.10 Å². The predicted octanol–water partition coefficient (Wildman–Crippen LogP) is 1.47. The Morgan fingerprint density at radius 3 is 2.95 bits per heavy atom. The number of thioether (sulfide) groups is 1. The number of rotatable bonds is 6. The van der Waals surface area contributed by atoms with Crippen LogP contribution in [0.4, 0.5) is 0 Å². The van der Waals surface area contributed by atoms with Gasteiger partial charge in [-0.2, -0.15) is 0 Å². The number of nitrogens with one attached hydrogen (secondary N) is 1. The highest BCUT2D eigenvalue weighted by Gasteiger charge is 2.19. The lowest BCUT2D eigenvalue weighted by molar-refractivity contribution is -0.129. The molecule has 1 atom stereocenters. The molecule has 7 nitrogen and oxygen atoms in total. The van der Waals surface area contributed by atoms with E-state index in [-0.39, 0.29) is 11.9 Å². The summed E-state index contributed by atoms with van der Waals surface area (Å²) in [6.45, 7) is 3.93. The Balaban J connectivity index is 1.90. The SMILES string of the molecule is CCc1nc(SCC(=O)N(C)C(C)c2ccncn2)n[nH]1. The molecule has 0 saturated heterocycles. The fraction of sp³-hybridized carbons (Fsp3) is 0.462. The second kappa shape index (κ2) is 7.16. The van der Waals surface area contributed by atoms with E-state index in [9.17, 15) is 4.79 Å². The van der Waals surface area contributed by atoms with Crippen molar-refractivity contribution in [2.75, 3.05) is 12.8 Å². The summed E-state index contributed by atoms with van der Waals surface area (Å²) >= 11 is 1.33. The summed E-state index contributed by atoms with van der Waals surface area (Å²) in [5.74, 6) is 1.13. The zero-order valence-electron chi connectivity index (χ0n) is 12.3. The number of carbonyl (C=O) groups excluding carboxylic acids is 1. The smallest absolute Gasteiger partial charge is 0.233 e. The number of aryl methyl sites for hydroxylation is 1. The van der Waals surface area contributed by atoms with Crippen LogP contribution in [0, 0.1) is 0 Å². The van der Waals surface area contributed by atoms with Crippen molar-refractivity contribution in [1.82, 2.24) is 30.0 Å². The van der Waals surface area contributed by atoms with Crippen molar-refractivity contribution in [3.63, 3.8) is 0 Å². The van der Waals surface area contributed by atoms with Crippen LogP contribution in [0.15, 0.2) is 23.7 Å². The number of nitrogens with zero attached hydrogens (tertiary/aromatic N) is 5. The maximum absolute atomic E-state index is 12.2. The normalized spacial score (nSPS) is 12.1. The summed E-state index contributed by atoms with van der Waals surface area (Å²) in [6.07, 6.45) is 3.96. The standard InChI is InChI=1S/C13H18N6OS/c1-4-11-16-13(18-17-11)21-7-12(20)19(3)9(2)10-5-6-14-8-15-10/h5-6,8-9H,4,7H2,1-3H3,(H,16,17,18). The van der Waals surface area contributed by atoms with Crippen molar-refractivity contribution in [1.29, 1.82) is 0 Å². The van der Waals surface area contributed by atoms with Crippen molar-refractivity contribution in [2.24, 2.45) is 0 Å². The van der Waals surface area contributed by atoms with Crippen molar-refractivity contribution in [3.8, 4) is 0 Å². The van der Waals surface area contributed by atoms with E-state index in [1.54, 1.807) is 18.1 Å². The molecule has 0 aromatic carbocycles. The van der Waals surface area contributed by atoms with Gasteiger partial charge in [-0.25, -0.2) is 15.0 Å². The highest BCUT2D eigenvalue weighted by molar-refractivity contribution is 7.99. The van der Waals surface area contributed by atoms with E-state index in [1.165, 1.54) is 18.1 Å². The van der Waals surface area contributed by atoms with Crippen LogP contribution in [-0.4, -0.2) is 48.8 Å². The maximum Gasteiger partial charge on any atom is 0.233 e. The first-order valence-electron chi connectivity index (χ1n) is 6.67. The molecule has 0 radical (unpaired) electrons. The van der Waals surface area contributed by atoms with E-state index in [2.05, 4.69) is 25.1 Å². The number of amides is 1. The molecule has 0 aliphatic heterocycles. The van der Waals surface area contributed by atoms with E-state index in [0.717, 1.165) is 17.9 Å². The van der Waals surface area contributed by atoms with Gasteiger partial charge in [-0.05, 0) is 13.0 Å². The van der Waals surface area contributed by atoms with Gasteiger partial charge in [0.1, 0.15) is 12.2 Å². The second-order valence-electron chi connectivity index (χ2n) is 4.52. The van der Waals surface area contributed by atoms with Crippen LogP contribution < -0.4 is 0 Å². The minimum absolute atomic E-state index is 0.00830. The molecule has 0 spiro atoms. The number of carbonyl (C=O) groups is 1. The lowest BCUT2D eigenvalue weighted by Gasteiger charge is -2.24. The fourth-order valence-corrected chi connectivity index (χ4v) is 2.43. The molecule has 21 heavy (non-hydrogen) atoms. The van der Waals surface area contributed by atoms with Crippen molar-refractivity contribution < 1.29 is 4.79 Å². The minimum atomic E-state index is -0.0977. The Morgan fingerprint density at radius 1 is 1.52 bits per heavy atom. The maximum atomic E-state index is 12.2. The van der Waals surface area contributed by atoms with E-state index in [4.69, 9.17) is 0 Å². The number of aromatic amines is 1. The van der Waals surface area contributed by atoms with Gasteiger partial charge in [0.2, 0.25) is 11.1 Å². The summed E-state index contributed by atoms with van der Waals surface area (Å²) in [4.78, 5) is 26.2. The average molecular weight is 306 g/mol. The Bertz CT molecular complexity index is 587. The zero-order valence-corrected chi connectivity index (χ0v) is 13.1. The molecule has 1 amide bonds. The van der Waals surface area contributed by atoms with Gasteiger partial charge in [0.05, 0.1) is 17.5 Å². The summed E-state index contributed by atoms with van der Waals surface area (Å²) in [6, 6.07) is 1.71. The van der Waals surface area contributed by atoms with Crippen molar-refractivity contribution >= 4 is 17.7 Å². The van der Waals surface area contributed by atoms with Crippen molar-refractivity contribution in [3.05, 3.63) is 30.1 Å². The second-order valence-corrected chi connectivity index (χ2v) is 5.46. The van der Waals surface area contributed by atoms with E-state index >= 15 is 0 Å². The third-order valence-electron chi connectivity index (χ3n) is 3.18. The van der Waals surface area contributed by atoms with Crippen LogP contribution in [-0.2, 0) is 11.2 Å². The summed E-state index contributed by atoms with van der Waals surface area (Å²) in [5, 5.41) is 7.49. The molecule has 0 aliphatic rings. The molecule has 0 saturated carbocycles. The molecular formula is C13H18N6OS. The predicted molar refractivity (Wildman–Crippen MR) is 79.7 cm³/mol. The number of hydrogen-bond acceptors (Lipinski definition) is 6. The molecule has 2 aromatic heterocycles. The summed E-state index contributed by atoms with van der Waals surface area (Å²) < 4.78 is 0. The highest BCUT2D eigenvalue weighted by atomic mass is 32.2. The van der Waals surface area contributed by atoms with Gasteiger partial charge in [0.15, 0.2) is 0 Å². The first-order valence-corrected chi connectivity index (χ1v) is 7.66. The van der Waals surface area contributed by atoms with Gasteiger partial charge in [-0.1, -0.05) is 18.7 Å². The molecule has 2 aromatic rings. The third-order valence-corrected chi connectivity index (χ3v) is 4.01. The van der Waals surface area contributed by atoms with Crippen LogP contribution in [0.25, 0.3) is 0 Å². The number of H-pyrrole nitrogens is 1. The molecular weight excluding hydrogens is 288 g/mol. The Labute approximate surface area is 127 Å². The summed E-state index contributed by atoms with van der Waals surface area (Å²) in [5.41, 5.74) is 0.817. The first-order chi connectivity index (χ1) is 10.1. The fourth-order valence-electron chi connectivity index (χ4n) is 1.69. The van der Waals surface area contributed by atoms with Gasteiger partial charge in [-0.3, -0.25) is 9.89 Å². The Hall–Kier alpha value is -1.96. The van der Waals surface area contributed by atoms with Crippen LogP contribution >= 0.6 is 11.8 Å². The molecule has 0 bridgehead atoms. The molecule has 2 rings (SSSR count). The first kappa shape index (κ1) is 15.4. The topological polar surface area (TPSA) is 87.7 Å². The van der Waals surface area contributed by atoms with Gasteiger partial charge >= 0.3 is 0 Å². The lowest BCUT2D eigenvalue weighted by atomic mass is 10.2. The third kappa shape index (κ3) is 4.01. The zero-order chi connectivity index (χ0) is 15.2. The molecule has 0 fully saturated rings. The Morgan fingerprint density at radius 2 is 2.33 bits per heavy atom. The lowest BCUT2D eigenvalue weighted by Crippen LogP contribution is -2.31. The van der Waals surface area contributed by atoms with Crippen LogP contribution in [0.1, 0.15) is 31.4 Å². The molecule has 1 N–H and O–H groups in total. The molecule has 112 valence electrons. The number of hydrogen-bond donors (Lipinski definition) is 1. The largest absolute Gasteiger partial charge is 0.337 e. The molecule has 2 heterocycles. The van der Waals surface area contributed by atoms with E-state index < -0.39 is 0 Å². The number of aromatic nitrogens is 5. The summed E-state index contributed by atoms with van der Waals surface area (Å²) in [7, 11) is 1.77. The van der Waals surface area contributed by atoms with Crippen LogP contribution in [0.5, 0.6) is 0 Å². The molecule has 1 unspecified atom stereocenters. The van der Waals surface area contributed by atoms with E-state index in [0.29, 0.717) is 10.9 Å². The minimum Gasteiger partial charge on any atom is -0.337 e. The van der Waals surface area contributed by atoms with Crippen molar-refractivity contribution in [2.45, 2.75) is 31.5 Å². The van der Waals surface area contributed by atoms with Gasteiger partial charge in [0, 0.05) is 19.7 Å². The monoisotopic (exact) mass is 306 g/mol.